The van der Waals surface area contributed by atoms with E-state index in [0.29, 0.717) is 0 Å². The molecule has 1 aromatic rings. The highest BCUT2D eigenvalue weighted by Gasteiger charge is 2.10. The van der Waals surface area contributed by atoms with Gasteiger partial charge in [-0.2, -0.15) is 0 Å². The van der Waals surface area contributed by atoms with Gasteiger partial charge in [-0.15, -0.1) is 0 Å². The van der Waals surface area contributed by atoms with Crippen LogP contribution in [0.3, 0.4) is 0 Å². The smallest absolute Gasteiger partial charge is 0.189 e. The average Bonchev–Trinajstić information content (AvgIpc) is 2.46. The molecule has 1 heterocycles. The van der Waals surface area contributed by atoms with Gasteiger partial charge in [0.25, 0.3) is 0 Å². The van der Waals surface area contributed by atoms with Crippen LogP contribution in [0.4, 0.5) is 5.82 Å². The predicted molar refractivity (Wildman–Crippen MR) is 85.9 cm³/mol. The summed E-state index contributed by atoms with van der Waals surface area (Å²) in [6.07, 6.45) is 8.61. The summed E-state index contributed by atoms with van der Waals surface area (Å²) in [7, 11) is 0. The van der Waals surface area contributed by atoms with Gasteiger partial charge in [0.1, 0.15) is 5.82 Å². The largest absolute Gasteiger partial charge is 0.356 e. The summed E-state index contributed by atoms with van der Waals surface area (Å²) in [4.78, 5) is 11.4. The molecule has 0 N–H and O–H groups in total. The van der Waals surface area contributed by atoms with E-state index in [0.717, 1.165) is 29.8 Å². The molecule has 0 saturated heterocycles. The zero-order valence-electron chi connectivity index (χ0n) is 12.4. The fourth-order valence-corrected chi connectivity index (χ4v) is 2.21. The highest BCUT2D eigenvalue weighted by molar-refractivity contribution is 7.98. The first-order valence-corrected chi connectivity index (χ1v) is 8.28. The lowest BCUT2D eigenvalue weighted by Crippen LogP contribution is -2.27. The summed E-state index contributed by atoms with van der Waals surface area (Å²) in [5, 5.41) is 0.824. The van der Waals surface area contributed by atoms with Gasteiger partial charge in [-0.05, 0) is 25.2 Å². The van der Waals surface area contributed by atoms with Crippen LogP contribution in [0.1, 0.15) is 45.2 Å². The molecule has 1 aromatic heterocycles. The van der Waals surface area contributed by atoms with Gasteiger partial charge in [0.15, 0.2) is 5.16 Å². The summed E-state index contributed by atoms with van der Waals surface area (Å²) < 4.78 is 0. The summed E-state index contributed by atoms with van der Waals surface area (Å²) in [6, 6.07) is 2.04. The Balaban J connectivity index is 2.94. The zero-order valence-corrected chi connectivity index (χ0v) is 13.2. The van der Waals surface area contributed by atoms with E-state index >= 15 is 0 Å². The second-order valence-corrected chi connectivity index (χ2v) is 5.31. The van der Waals surface area contributed by atoms with Crippen LogP contribution >= 0.6 is 11.8 Å². The second-order valence-electron chi connectivity index (χ2n) is 4.54. The third-order valence-corrected chi connectivity index (χ3v) is 3.54. The van der Waals surface area contributed by atoms with E-state index in [1.165, 1.54) is 25.7 Å². The van der Waals surface area contributed by atoms with Gasteiger partial charge >= 0.3 is 0 Å². The Labute approximate surface area is 121 Å². The Kier molecular flexibility index (Phi) is 7.56. The Morgan fingerprint density at radius 2 is 1.84 bits per heavy atom. The molecule has 0 aliphatic carbocycles. The van der Waals surface area contributed by atoms with Crippen molar-refractivity contribution in [2.24, 2.45) is 0 Å². The minimum absolute atomic E-state index is 0.824. The third-order valence-electron chi connectivity index (χ3n) is 2.99. The van der Waals surface area contributed by atoms with Crippen LogP contribution in [0, 0.1) is 0 Å². The number of thioether (sulfide) groups is 1. The maximum Gasteiger partial charge on any atom is 0.189 e. The van der Waals surface area contributed by atoms with Gasteiger partial charge in [-0.1, -0.05) is 45.0 Å². The molecule has 3 nitrogen and oxygen atoms in total. The van der Waals surface area contributed by atoms with E-state index < -0.39 is 0 Å². The van der Waals surface area contributed by atoms with Crippen LogP contribution in [0.25, 0.3) is 6.08 Å². The molecule has 1 rings (SSSR count). The number of nitrogens with zero attached hydrogens (tertiary/aromatic N) is 3. The SMILES string of the molecule is C=Cc1cc(N(CCCC)CCCC)nc(SC)n1. The Hall–Kier alpha value is -1.03. The van der Waals surface area contributed by atoms with Gasteiger partial charge in [0.2, 0.25) is 0 Å². The molecule has 0 aliphatic rings. The van der Waals surface area contributed by atoms with Crippen molar-refractivity contribution < 1.29 is 0 Å². The van der Waals surface area contributed by atoms with E-state index in [-0.39, 0.29) is 0 Å². The summed E-state index contributed by atoms with van der Waals surface area (Å²) in [6.45, 7) is 10.4. The average molecular weight is 279 g/mol. The quantitative estimate of drug-likeness (QED) is 0.499. The first kappa shape index (κ1) is 16.0. The van der Waals surface area contributed by atoms with Crippen LogP contribution in [-0.2, 0) is 0 Å². The Bertz CT molecular complexity index is 385. The van der Waals surface area contributed by atoms with Crippen molar-refractivity contribution in [2.45, 2.75) is 44.7 Å². The molecule has 0 unspecified atom stereocenters. The van der Waals surface area contributed by atoms with Crippen molar-refractivity contribution in [3.8, 4) is 0 Å². The van der Waals surface area contributed by atoms with Crippen LogP contribution in [0.5, 0.6) is 0 Å². The third kappa shape index (κ3) is 5.23. The highest BCUT2D eigenvalue weighted by atomic mass is 32.2. The van der Waals surface area contributed by atoms with E-state index in [4.69, 9.17) is 0 Å². The van der Waals surface area contributed by atoms with Crippen molar-refractivity contribution >= 4 is 23.7 Å². The fraction of sp³-hybridized carbons (Fsp3) is 0.600. The number of unbranched alkanes of at least 4 members (excludes halogenated alkanes) is 2. The molecule has 0 aliphatic heterocycles. The molecule has 0 saturated carbocycles. The van der Waals surface area contributed by atoms with Crippen LogP contribution < -0.4 is 4.90 Å². The maximum absolute atomic E-state index is 4.64. The first-order valence-electron chi connectivity index (χ1n) is 7.05. The number of anilines is 1. The number of hydrogen-bond donors (Lipinski definition) is 0. The highest BCUT2D eigenvalue weighted by Crippen LogP contribution is 2.19. The molecule has 0 spiro atoms. The second kappa shape index (κ2) is 8.97. The molecule has 0 radical (unpaired) electrons. The van der Waals surface area contributed by atoms with E-state index in [1.807, 2.05) is 12.3 Å². The molecule has 0 fully saturated rings. The standard InChI is InChI=1S/C15H25N3S/c1-5-8-10-18(11-9-6-2)14-12-13(7-3)16-15(17-14)19-4/h7,12H,3,5-6,8-11H2,1-2,4H3. The monoisotopic (exact) mass is 279 g/mol. The molecule has 0 amide bonds. The summed E-state index contributed by atoms with van der Waals surface area (Å²) in [5.74, 6) is 1.04. The molecule has 0 bridgehead atoms. The lowest BCUT2D eigenvalue weighted by Gasteiger charge is -2.24. The Morgan fingerprint density at radius 1 is 1.21 bits per heavy atom. The molecular weight excluding hydrogens is 254 g/mol. The van der Waals surface area contributed by atoms with E-state index in [9.17, 15) is 0 Å². The lowest BCUT2D eigenvalue weighted by atomic mass is 10.2. The van der Waals surface area contributed by atoms with Crippen molar-refractivity contribution in [3.63, 3.8) is 0 Å². The molecule has 0 aromatic carbocycles. The first-order chi connectivity index (χ1) is 9.24. The molecule has 106 valence electrons. The summed E-state index contributed by atoms with van der Waals surface area (Å²) >= 11 is 1.58. The van der Waals surface area contributed by atoms with Gasteiger partial charge in [0.05, 0.1) is 5.69 Å². The number of aromatic nitrogens is 2. The molecule has 0 atom stereocenters. The minimum Gasteiger partial charge on any atom is -0.356 e. The van der Waals surface area contributed by atoms with Crippen molar-refractivity contribution in [1.82, 2.24) is 9.97 Å². The lowest BCUT2D eigenvalue weighted by molar-refractivity contribution is 0.666. The Morgan fingerprint density at radius 3 is 2.32 bits per heavy atom. The normalized spacial score (nSPS) is 10.5. The van der Waals surface area contributed by atoms with Crippen LogP contribution in [0.15, 0.2) is 17.8 Å². The molecule has 4 heteroatoms. The van der Waals surface area contributed by atoms with Gasteiger partial charge in [0, 0.05) is 19.2 Å². The molecular formula is C15H25N3S. The van der Waals surface area contributed by atoms with Gasteiger partial charge in [-0.3, -0.25) is 0 Å². The number of rotatable bonds is 9. The van der Waals surface area contributed by atoms with Gasteiger partial charge in [-0.25, -0.2) is 9.97 Å². The zero-order chi connectivity index (χ0) is 14.1. The van der Waals surface area contributed by atoms with Crippen molar-refractivity contribution in [1.29, 1.82) is 0 Å². The maximum atomic E-state index is 4.64. The minimum atomic E-state index is 0.824. The fourth-order valence-electron chi connectivity index (χ4n) is 1.83. The number of hydrogen-bond acceptors (Lipinski definition) is 4. The topological polar surface area (TPSA) is 29.0 Å². The van der Waals surface area contributed by atoms with Crippen molar-refractivity contribution in [2.75, 3.05) is 24.2 Å². The predicted octanol–water partition coefficient (Wildman–Crippen LogP) is 4.25. The van der Waals surface area contributed by atoms with E-state index in [2.05, 4.69) is 35.3 Å². The van der Waals surface area contributed by atoms with Crippen LogP contribution in [0.2, 0.25) is 0 Å². The molecule has 19 heavy (non-hydrogen) atoms. The van der Waals surface area contributed by atoms with Gasteiger partial charge < -0.3 is 4.90 Å². The van der Waals surface area contributed by atoms with E-state index in [1.54, 1.807) is 17.8 Å². The van der Waals surface area contributed by atoms with Crippen molar-refractivity contribution in [3.05, 3.63) is 18.3 Å². The summed E-state index contributed by atoms with van der Waals surface area (Å²) in [5.41, 5.74) is 0.910. The van der Waals surface area contributed by atoms with Crippen LogP contribution in [-0.4, -0.2) is 29.3 Å².